The molecule has 2 aromatic rings. The number of benzene rings is 2. The molecule has 2 aromatic carbocycles. The first-order valence-corrected chi connectivity index (χ1v) is 5.69. The quantitative estimate of drug-likeness (QED) is 0.750. The molecular formula is C15H12F2O. The van der Waals surface area contributed by atoms with Gasteiger partial charge in [-0.15, -0.1) is 0 Å². The molecular weight excluding hydrogens is 234 g/mol. The molecule has 0 bridgehead atoms. The van der Waals surface area contributed by atoms with Crippen LogP contribution in [0.4, 0.5) is 8.78 Å². The standard InChI is InChI=1S/C15H12F2O/c16-12-7-4-8-13(17)15(12)14(18)10-9-11-5-2-1-3-6-11/h1-8H,9-10H2. The third-order valence-electron chi connectivity index (χ3n) is 2.73. The first kappa shape index (κ1) is 12.4. The molecule has 0 N–H and O–H groups in total. The number of rotatable bonds is 4. The summed E-state index contributed by atoms with van der Waals surface area (Å²) >= 11 is 0. The normalized spacial score (nSPS) is 10.3. The number of Topliss-reactive ketones (excluding diaryl/α,β-unsaturated/α-hetero) is 1. The van der Waals surface area contributed by atoms with Gasteiger partial charge in [0.1, 0.15) is 11.6 Å². The number of aryl methyl sites for hydroxylation is 1. The molecule has 0 aliphatic carbocycles. The fourth-order valence-corrected chi connectivity index (χ4v) is 1.79. The van der Waals surface area contributed by atoms with Crippen LogP contribution in [-0.2, 0) is 6.42 Å². The Balaban J connectivity index is 2.09. The molecule has 18 heavy (non-hydrogen) atoms. The van der Waals surface area contributed by atoms with Crippen LogP contribution in [0.2, 0.25) is 0 Å². The summed E-state index contributed by atoms with van der Waals surface area (Å²) in [5, 5.41) is 0. The van der Waals surface area contributed by atoms with E-state index in [1.54, 1.807) is 0 Å². The summed E-state index contributed by atoms with van der Waals surface area (Å²) < 4.78 is 26.7. The molecule has 1 nitrogen and oxygen atoms in total. The smallest absolute Gasteiger partial charge is 0.169 e. The molecule has 0 unspecified atom stereocenters. The van der Waals surface area contributed by atoms with E-state index in [2.05, 4.69) is 0 Å². The van der Waals surface area contributed by atoms with Crippen molar-refractivity contribution in [2.24, 2.45) is 0 Å². The molecule has 0 saturated heterocycles. The first-order chi connectivity index (χ1) is 8.68. The Kier molecular flexibility index (Phi) is 3.82. The van der Waals surface area contributed by atoms with Crippen molar-refractivity contribution in [2.75, 3.05) is 0 Å². The van der Waals surface area contributed by atoms with Crippen LogP contribution in [0, 0.1) is 11.6 Å². The van der Waals surface area contributed by atoms with E-state index in [-0.39, 0.29) is 6.42 Å². The Hall–Kier alpha value is -2.03. The van der Waals surface area contributed by atoms with E-state index >= 15 is 0 Å². The Morgan fingerprint density at radius 1 is 0.889 bits per heavy atom. The predicted molar refractivity (Wildman–Crippen MR) is 65.5 cm³/mol. The SMILES string of the molecule is O=C(CCc1ccccc1)c1c(F)cccc1F. The van der Waals surface area contributed by atoms with Gasteiger partial charge in [-0.05, 0) is 24.1 Å². The largest absolute Gasteiger partial charge is 0.294 e. The number of carbonyl (C=O) groups excluding carboxylic acids is 1. The summed E-state index contributed by atoms with van der Waals surface area (Å²) in [5.41, 5.74) is 0.538. The average Bonchev–Trinajstić information content (AvgIpc) is 2.37. The molecule has 0 saturated carbocycles. The molecule has 92 valence electrons. The monoisotopic (exact) mass is 246 g/mol. The highest BCUT2D eigenvalue weighted by atomic mass is 19.1. The fraction of sp³-hybridized carbons (Fsp3) is 0.133. The summed E-state index contributed by atoms with van der Waals surface area (Å²) in [4.78, 5) is 11.8. The van der Waals surface area contributed by atoms with Gasteiger partial charge < -0.3 is 0 Å². The van der Waals surface area contributed by atoms with Gasteiger partial charge in [-0.1, -0.05) is 36.4 Å². The summed E-state index contributed by atoms with van der Waals surface area (Å²) in [7, 11) is 0. The summed E-state index contributed by atoms with van der Waals surface area (Å²) in [5.74, 6) is -2.10. The molecule has 0 amide bonds. The lowest BCUT2D eigenvalue weighted by Gasteiger charge is -2.04. The number of carbonyl (C=O) groups is 1. The predicted octanol–water partition coefficient (Wildman–Crippen LogP) is 3.78. The van der Waals surface area contributed by atoms with Gasteiger partial charge in [0, 0.05) is 6.42 Å². The van der Waals surface area contributed by atoms with E-state index < -0.39 is 23.0 Å². The second-order valence-electron chi connectivity index (χ2n) is 4.01. The van der Waals surface area contributed by atoms with Gasteiger partial charge in [-0.3, -0.25) is 4.79 Å². The van der Waals surface area contributed by atoms with E-state index in [1.165, 1.54) is 6.07 Å². The van der Waals surface area contributed by atoms with Crippen LogP contribution in [0.3, 0.4) is 0 Å². The molecule has 0 spiro atoms. The van der Waals surface area contributed by atoms with E-state index in [0.29, 0.717) is 6.42 Å². The molecule has 0 radical (unpaired) electrons. The maximum Gasteiger partial charge on any atom is 0.169 e. The van der Waals surface area contributed by atoms with Crippen molar-refractivity contribution in [3.8, 4) is 0 Å². The van der Waals surface area contributed by atoms with Crippen molar-refractivity contribution in [3.05, 3.63) is 71.3 Å². The van der Waals surface area contributed by atoms with E-state index in [4.69, 9.17) is 0 Å². The van der Waals surface area contributed by atoms with Crippen LogP contribution in [-0.4, -0.2) is 5.78 Å². The van der Waals surface area contributed by atoms with Crippen LogP contribution in [0.5, 0.6) is 0 Å². The molecule has 0 fully saturated rings. The second kappa shape index (κ2) is 5.54. The Morgan fingerprint density at radius 3 is 2.11 bits per heavy atom. The lowest BCUT2D eigenvalue weighted by Crippen LogP contribution is -2.07. The van der Waals surface area contributed by atoms with Crippen LogP contribution >= 0.6 is 0 Å². The Labute approximate surface area is 104 Å². The van der Waals surface area contributed by atoms with Crippen molar-refractivity contribution < 1.29 is 13.6 Å². The number of hydrogen-bond acceptors (Lipinski definition) is 1. The molecule has 2 rings (SSSR count). The molecule has 3 heteroatoms. The minimum atomic E-state index is -0.798. The van der Waals surface area contributed by atoms with Crippen molar-refractivity contribution in [2.45, 2.75) is 12.8 Å². The minimum absolute atomic E-state index is 0.0991. The van der Waals surface area contributed by atoms with Crippen LogP contribution in [0.25, 0.3) is 0 Å². The molecule has 0 atom stereocenters. The van der Waals surface area contributed by atoms with Crippen molar-refractivity contribution in [1.29, 1.82) is 0 Å². The topological polar surface area (TPSA) is 17.1 Å². The van der Waals surface area contributed by atoms with Crippen molar-refractivity contribution in [1.82, 2.24) is 0 Å². The zero-order chi connectivity index (χ0) is 13.0. The van der Waals surface area contributed by atoms with Gasteiger partial charge in [0.2, 0.25) is 0 Å². The summed E-state index contributed by atoms with van der Waals surface area (Å²) in [6, 6.07) is 12.8. The number of halogens is 2. The Morgan fingerprint density at radius 2 is 1.50 bits per heavy atom. The van der Waals surface area contributed by atoms with Crippen LogP contribution < -0.4 is 0 Å². The molecule has 0 heterocycles. The number of hydrogen-bond donors (Lipinski definition) is 0. The van der Waals surface area contributed by atoms with Gasteiger partial charge in [0.25, 0.3) is 0 Å². The lowest BCUT2D eigenvalue weighted by molar-refractivity contribution is 0.0974. The highest BCUT2D eigenvalue weighted by molar-refractivity contribution is 5.96. The molecule has 0 aromatic heterocycles. The lowest BCUT2D eigenvalue weighted by atomic mass is 10.0. The summed E-state index contributed by atoms with van der Waals surface area (Å²) in [6.45, 7) is 0. The van der Waals surface area contributed by atoms with Crippen molar-refractivity contribution in [3.63, 3.8) is 0 Å². The zero-order valence-corrected chi connectivity index (χ0v) is 9.70. The molecule has 0 aliphatic rings. The minimum Gasteiger partial charge on any atom is -0.294 e. The maximum absolute atomic E-state index is 13.4. The number of ketones is 1. The zero-order valence-electron chi connectivity index (χ0n) is 9.70. The first-order valence-electron chi connectivity index (χ1n) is 5.69. The van der Waals surface area contributed by atoms with E-state index in [0.717, 1.165) is 17.7 Å². The van der Waals surface area contributed by atoms with Gasteiger partial charge in [-0.25, -0.2) is 8.78 Å². The van der Waals surface area contributed by atoms with Gasteiger partial charge in [0.05, 0.1) is 5.56 Å². The Bertz CT molecular complexity index is 529. The van der Waals surface area contributed by atoms with Gasteiger partial charge in [-0.2, -0.15) is 0 Å². The van der Waals surface area contributed by atoms with E-state index in [1.807, 2.05) is 30.3 Å². The van der Waals surface area contributed by atoms with Gasteiger partial charge in [0.15, 0.2) is 5.78 Å². The summed E-state index contributed by atoms with van der Waals surface area (Å²) in [6.07, 6.45) is 0.579. The fourth-order valence-electron chi connectivity index (χ4n) is 1.79. The third-order valence-corrected chi connectivity index (χ3v) is 2.73. The van der Waals surface area contributed by atoms with Crippen LogP contribution in [0.1, 0.15) is 22.3 Å². The third kappa shape index (κ3) is 2.80. The second-order valence-corrected chi connectivity index (χ2v) is 4.01. The highest BCUT2D eigenvalue weighted by Gasteiger charge is 2.16. The maximum atomic E-state index is 13.4. The van der Waals surface area contributed by atoms with Gasteiger partial charge >= 0.3 is 0 Å². The van der Waals surface area contributed by atoms with Crippen molar-refractivity contribution >= 4 is 5.78 Å². The average molecular weight is 246 g/mol. The van der Waals surface area contributed by atoms with E-state index in [9.17, 15) is 13.6 Å². The molecule has 0 aliphatic heterocycles. The highest BCUT2D eigenvalue weighted by Crippen LogP contribution is 2.15. The van der Waals surface area contributed by atoms with Crippen LogP contribution in [0.15, 0.2) is 48.5 Å².